The number of pyridine rings is 1. The number of hydrogen-bond acceptors (Lipinski definition) is 7. The molecule has 2 aliphatic rings. The molecule has 0 saturated carbocycles. The molecule has 0 aliphatic carbocycles. The Morgan fingerprint density at radius 3 is 2.32 bits per heavy atom. The van der Waals surface area contributed by atoms with Crippen LogP contribution in [0.4, 0.5) is 17.5 Å². The van der Waals surface area contributed by atoms with Crippen molar-refractivity contribution in [2.24, 2.45) is 0 Å². The molecule has 0 amide bonds. The van der Waals surface area contributed by atoms with Gasteiger partial charge in [-0.25, -0.2) is 15.0 Å². The van der Waals surface area contributed by atoms with E-state index in [4.69, 9.17) is 0 Å². The van der Waals surface area contributed by atoms with Crippen molar-refractivity contribution in [2.75, 3.05) is 49.5 Å². The third-order valence-corrected chi connectivity index (χ3v) is 7.06. The first-order valence-corrected chi connectivity index (χ1v) is 11.0. The quantitative estimate of drug-likeness (QED) is 0.806. The molecule has 2 saturated heterocycles. The van der Waals surface area contributed by atoms with Crippen molar-refractivity contribution in [2.45, 2.75) is 19.8 Å². The first-order valence-electron chi connectivity index (χ1n) is 9.56. The summed E-state index contributed by atoms with van der Waals surface area (Å²) >= 11 is 0. The molecule has 150 valence electrons. The summed E-state index contributed by atoms with van der Waals surface area (Å²) in [5.74, 6) is 2.84. The lowest BCUT2D eigenvalue weighted by molar-refractivity contribution is 0.343. The van der Waals surface area contributed by atoms with Crippen LogP contribution in [0, 0.1) is 6.92 Å². The molecule has 9 nitrogen and oxygen atoms in total. The number of rotatable bonds is 5. The lowest BCUT2D eigenvalue weighted by atomic mass is 10.3. The summed E-state index contributed by atoms with van der Waals surface area (Å²) < 4.78 is 28.7. The Balaban J connectivity index is 1.44. The van der Waals surface area contributed by atoms with Crippen molar-refractivity contribution < 1.29 is 8.42 Å². The third kappa shape index (κ3) is 4.08. The number of nitrogens with one attached hydrogen (secondary N) is 1. The van der Waals surface area contributed by atoms with Gasteiger partial charge in [0.05, 0.1) is 0 Å². The fourth-order valence-electron chi connectivity index (χ4n) is 3.58. The van der Waals surface area contributed by atoms with Crippen molar-refractivity contribution in [3.63, 3.8) is 0 Å². The van der Waals surface area contributed by atoms with E-state index in [0.29, 0.717) is 56.7 Å². The minimum absolute atomic E-state index is 0.463. The van der Waals surface area contributed by atoms with Gasteiger partial charge in [-0.05, 0) is 31.9 Å². The molecular formula is C18H25N7O2S. The van der Waals surface area contributed by atoms with Gasteiger partial charge in [0.1, 0.15) is 23.3 Å². The molecule has 4 heterocycles. The molecule has 1 N–H and O–H groups in total. The van der Waals surface area contributed by atoms with E-state index in [0.717, 1.165) is 18.7 Å². The summed E-state index contributed by atoms with van der Waals surface area (Å²) in [4.78, 5) is 15.3. The predicted octanol–water partition coefficient (Wildman–Crippen LogP) is 1.39. The van der Waals surface area contributed by atoms with Crippen molar-refractivity contribution in [1.29, 1.82) is 0 Å². The molecule has 0 bridgehead atoms. The Morgan fingerprint density at radius 2 is 1.64 bits per heavy atom. The zero-order chi connectivity index (χ0) is 19.6. The average Bonchev–Trinajstić information content (AvgIpc) is 3.24. The molecular weight excluding hydrogens is 378 g/mol. The van der Waals surface area contributed by atoms with Gasteiger partial charge in [-0.15, -0.1) is 0 Å². The lowest BCUT2D eigenvalue weighted by Crippen LogP contribution is -2.52. The van der Waals surface area contributed by atoms with Crippen molar-refractivity contribution in [3.05, 3.63) is 36.3 Å². The van der Waals surface area contributed by atoms with Gasteiger partial charge in [0, 0.05) is 51.5 Å². The monoisotopic (exact) mass is 403 g/mol. The number of hydrogen-bond donors (Lipinski definition) is 1. The first kappa shape index (κ1) is 19.0. The second-order valence-electron chi connectivity index (χ2n) is 7.00. The molecule has 0 atom stereocenters. The molecule has 10 heteroatoms. The number of anilines is 3. The highest BCUT2D eigenvalue weighted by Gasteiger charge is 2.34. The van der Waals surface area contributed by atoms with Gasteiger partial charge < -0.3 is 10.2 Å². The SMILES string of the molecule is Cc1nc(Nc2ccccn2)cc(N2CCN(S(=O)(=O)N3CCCC3)CC2)n1. The van der Waals surface area contributed by atoms with Crippen LogP contribution in [-0.4, -0.2) is 71.2 Å². The van der Waals surface area contributed by atoms with Crippen LogP contribution in [0.3, 0.4) is 0 Å². The van der Waals surface area contributed by atoms with Crippen LogP contribution in [0.15, 0.2) is 30.5 Å². The Hall–Kier alpha value is -2.30. The minimum atomic E-state index is -3.34. The fourth-order valence-corrected chi connectivity index (χ4v) is 5.25. The second-order valence-corrected chi connectivity index (χ2v) is 8.93. The third-order valence-electron chi connectivity index (χ3n) is 5.03. The van der Waals surface area contributed by atoms with Crippen molar-refractivity contribution >= 4 is 27.7 Å². The summed E-state index contributed by atoms with van der Waals surface area (Å²) in [6, 6.07) is 7.52. The Kier molecular flexibility index (Phi) is 5.42. The van der Waals surface area contributed by atoms with E-state index in [1.165, 1.54) is 0 Å². The summed E-state index contributed by atoms with van der Waals surface area (Å²) in [6.45, 7) is 5.25. The smallest absolute Gasteiger partial charge is 0.282 e. The topological polar surface area (TPSA) is 94.6 Å². The van der Waals surface area contributed by atoms with Gasteiger partial charge in [0.15, 0.2) is 0 Å². The highest BCUT2D eigenvalue weighted by Crippen LogP contribution is 2.22. The average molecular weight is 404 g/mol. The van der Waals surface area contributed by atoms with Gasteiger partial charge in [-0.2, -0.15) is 17.0 Å². The molecule has 2 aromatic rings. The van der Waals surface area contributed by atoms with Gasteiger partial charge in [-0.3, -0.25) is 0 Å². The van der Waals surface area contributed by atoms with Gasteiger partial charge in [0.2, 0.25) is 0 Å². The fraction of sp³-hybridized carbons (Fsp3) is 0.500. The standard InChI is InChI=1S/C18H25N7O2S/c1-15-20-17(22-16-6-2-3-7-19-16)14-18(21-15)23-10-12-25(13-11-23)28(26,27)24-8-4-5-9-24/h2-3,6-7,14H,4-5,8-13H2,1H3,(H,19,20,21,22). The number of aryl methyl sites for hydroxylation is 1. The molecule has 2 fully saturated rings. The zero-order valence-corrected chi connectivity index (χ0v) is 16.8. The van der Waals surface area contributed by atoms with E-state index in [2.05, 4.69) is 25.2 Å². The molecule has 0 aromatic carbocycles. The highest BCUT2D eigenvalue weighted by atomic mass is 32.2. The maximum atomic E-state index is 12.7. The molecule has 4 rings (SSSR count). The van der Waals surface area contributed by atoms with Crippen LogP contribution >= 0.6 is 0 Å². The number of piperazine rings is 1. The van der Waals surface area contributed by atoms with Crippen LogP contribution in [0.1, 0.15) is 18.7 Å². The molecule has 0 spiro atoms. The highest BCUT2D eigenvalue weighted by molar-refractivity contribution is 7.86. The zero-order valence-electron chi connectivity index (χ0n) is 16.0. The van der Waals surface area contributed by atoms with E-state index in [-0.39, 0.29) is 0 Å². The normalized spacial score (nSPS) is 19.1. The lowest BCUT2D eigenvalue weighted by Gasteiger charge is -2.36. The molecule has 28 heavy (non-hydrogen) atoms. The summed E-state index contributed by atoms with van der Waals surface area (Å²) in [7, 11) is -3.34. The Morgan fingerprint density at radius 1 is 0.929 bits per heavy atom. The number of aromatic nitrogens is 3. The first-order chi connectivity index (χ1) is 13.5. The second kappa shape index (κ2) is 7.98. The summed E-state index contributed by atoms with van der Waals surface area (Å²) in [5.41, 5.74) is 0. The molecule has 0 unspecified atom stereocenters. The van der Waals surface area contributed by atoms with Gasteiger partial charge >= 0.3 is 0 Å². The maximum absolute atomic E-state index is 12.7. The van der Waals surface area contributed by atoms with Crippen LogP contribution in [0.2, 0.25) is 0 Å². The van der Waals surface area contributed by atoms with Crippen LogP contribution in [-0.2, 0) is 10.2 Å². The van der Waals surface area contributed by atoms with Crippen molar-refractivity contribution in [1.82, 2.24) is 23.6 Å². The molecule has 0 radical (unpaired) electrons. The molecule has 2 aromatic heterocycles. The van der Waals surface area contributed by atoms with Crippen LogP contribution < -0.4 is 10.2 Å². The van der Waals surface area contributed by atoms with E-state index < -0.39 is 10.2 Å². The van der Waals surface area contributed by atoms with E-state index in [1.54, 1.807) is 14.8 Å². The Labute approximate surface area is 165 Å². The molecule has 2 aliphatic heterocycles. The predicted molar refractivity (Wildman–Crippen MR) is 108 cm³/mol. The van der Waals surface area contributed by atoms with Gasteiger partial charge in [-0.1, -0.05) is 6.07 Å². The summed E-state index contributed by atoms with van der Waals surface area (Å²) in [6.07, 6.45) is 3.62. The minimum Gasteiger partial charge on any atom is -0.354 e. The van der Waals surface area contributed by atoms with Crippen LogP contribution in [0.25, 0.3) is 0 Å². The van der Waals surface area contributed by atoms with E-state index >= 15 is 0 Å². The van der Waals surface area contributed by atoms with Crippen LogP contribution in [0.5, 0.6) is 0 Å². The largest absolute Gasteiger partial charge is 0.354 e. The van der Waals surface area contributed by atoms with Crippen molar-refractivity contribution in [3.8, 4) is 0 Å². The number of nitrogens with zero attached hydrogens (tertiary/aromatic N) is 6. The Bertz CT molecular complexity index is 909. The van der Waals surface area contributed by atoms with E-state index in [1.807, 2.05) is 31.2 Å². The van der Waals surface area contributed by atoms with Gasteiger partial charge in [0.25, 0.3) is 10.2 Å². The summed E-state index contributed by atoms with van der Waals surface area (Å²) in [5, 5.41) is 3.19. The maximum Gasteiger partial charge on any atom is 0.282 e. The van der Waals surface area contributed by atoms with E-state index in [9.17, 15) is 8.42 Å².